The number of amides is 3. The van der Waals surface area contributed by atoms with Gasteiger partial charge in [0.25, 0.3) is 11.5 Å². The van der Waals surface area contributed by atoms with E-state index in [0.717, 1.165) is 12.8 Å². The van der Waals surface area contributed by atoms with E-state index in [1.54, 1.807) is 6.92 Å². The number of carbonyl (C=O) groups excluding carboxylic acids is 4. The number of hydrazine groups is 1. The summed E-state index contributed by atoms with van der Waals surface area (Å²) in [6, 6.07) is 1.47. The molecule has 2 atom stereocenters. The highest BCUT2D eigenvalue weighted by Gasteiger charge is 2.33. The number of nitrogens with two attached hydrogens (primary N) is 1. The van der Waals surface area contributed by atoms with E-state index in [1.165, 1.54) is 6.07 Å². The molecule has 0 radical (unpaired) electrons. The molecule has 0 saturated heterocycles. The average Bonchev–Trinajstić information content (AvgIpc) is 3.34. The summed E-state index contributed by atoms with van der Waals surface area (Å²) in [5.41, 5.74) is 5.02. The van der Waals surface area contributed by atoms with Crippen LogP contribution in [0.3, 0.4) is 0 Å². The van der Waals surface area contributed by atoms with Crippen molar-refractivity contribution in [3.8, 4) is 0 Å². The zero-order chi connectivity index (χ0) is 20.8. The van der Waals surface area contributed by atoms with Gasteiger partial charge in [-0.2, -0.15) is 0 Å². The maximum absolute atomic E-state index is 13.2. The Morgan fingerprint density at radius 3 is 2.61 bits per heavy atom. The van der Waals surface area contributed by atoms with Crippen LogP contribution in [0.2, 0.25) is 0 Å². The van der Waals surface area contributed by atoms with Gasteiger partial charge in [0.15, 0.2) is 5.78 Å². The van der Waals surface area contributed by atoms with Crippen molar-refractivity contribution in [2.75, 3.05) is 6.54 Å². The fourth-order valence-corrected chi connectivity index (χ4v) is 2.77. The number of aryl methyl sites for hydroxylation is 1. The maximum Gasteiger partial charge on any atom is 0.291 e. The van der Waals surface area contributed by atoms with Crippen LogP contribution in [0.4, 0.5) is 4.39 Å². The van der Waals surface area contributed by atoms with E-state index in [4.69, 9.17) is 21.9 Å². The largest absolute Gasteiger partial charge is 0.370 e. The molecule has 28 heavy (non-hydrogen) atoms. The first kappa shape index (κ1) is 21.8. The molecule has 0 aromatic carbocycles. The number of hydrogen-bond donors (Lipinski definition) is 2. The molecule has 1 aliphatic rings. The van der Waals surface area contributed by atoms with Crippen LogP contribution in [-0.2, 0) is 14.4 Å². The van der Waals surface area contributed by atoms with E-state index in [-0.39, 0.29) is 30.9 Å². The predicted molar refractivity (Wildman–Crippen MR) is 95.4 cm³/mol. The third-order valence-corrected chi connectivity index (χ3v) is 4.50. The number of nitrogens with one attached hydrogen (secondary N) is 1. The maximum atomic E-state index is 13.2. The molecule has 3 N–H and O–H groups in total. The Morgan fingerprint density at radius 1 is 1.43 bits per heavy atom. The van der Waals surface area contributed by atoms with Gasteiger partial charge >= 0.3 is 0 Å². The summed E-state index contributed by atoms with van der Waals surface area (Å²) in [5.74, 6) is -2.97. The fraction of sp³-hybridized carbons (Fsp3) is 0.588. The molecule has 9 nitrogen and oxygen atoms in total. The van der Waals surface area contributed by atoms with Gasteiger partial charge in [0.2, 0.25) is 11.8 Å². The van der Waals surface area contributed by atoms with E-state index in [9.17, 15) is 23.6 Å². The number of rotatable bonds is 10. The minimum Gasteiger partial charge on any atom is -0.370 e. The first-order valence-corrected chi connectivity index (χ1v) is 9.25. The Labute approximate surface area is 165 Å². The Hall–Kier alpha value is -2.49. The first-order valence-electron chi connectivity index (χ1n) is 8.82. The summed E-state index contributed by atoms with van der Waals surface area (Å²) in [7, 11) is 0. The van der Waals surface area contributed by atoms with Crippen molar-refractivity contribution in [1.82, 2.24) is 15.6 Å². The number of primary amides is 1. The molecular formula is C17H22ClFN4O5. The SMILES string of the molecule is Cc1cc(C(=O)C[C@@H](CC2CC2)C(=O)NN(CCC(N)=O)C(=O)C(F)Cl)no1. The van der Waals surface area contributed by atoms with Gasteiger partial charge in [-0.1, -0.05) is 29.6 Å². The summed E-state index contributed by atoms with van der Waals surface area (Å²) in [6.45, 7) is 1.31. The fourth-order valence-electron chi connectivity index (χ4n) is 2.65. The van der Waals surface area contributed by atoms with Crippen molar-refractivity contribution in [1.29, 1.82) is 0 Å². The molecule has 0 spiro atoms. The molecule has 1 aromatic rings. The van der Waals surface area contributed by atoms with E-state index in [2.05, 4.69) is 10.6 Å². The molecule has 11 heteroatoms. The van der Waals surface area contributed by atoms with E-state index >= 15 is 0 Å². The van der Waals surface area contributed by atoms with Crippen molar-refractivity contribution in [3.05, 3.63) is 17.5 Å². The van der Waals surface area contributed by atoms with Crippen LogP contribution in [0.25, 0.3) is 0 Å². The summed E-state index contributed by atoms with van der Waals surface area (Å²) >= 11 is 5.16. The average molecular weight is 417 g/mol. The van der Waals surface area contributed by atoms with Crippen molar-refractivity contribution in [2.24, 2.45) is 17.6 Å². The number of Topliss-reactive ketones (excluding diaryl/α,β-unsaturated/α-hetero) is 1. The molecule has 1 fully saturated rings. The monoisotopic (exact) mass is 416 g/mol. The topological polar surface area (TPSA) is 136 Å². The molecule has 0 bridgehead atoms. The molecule has 1 unspecified atom stereocenters. The molecule has 1 heterocycles. The van der Waals surface area contributed by atoms with Crippen LogP contribution < -0.4 is 11.2 Å². The first-order chi connectivity index (χ1) is 13.2. The minimum absolute atomic E-state index is 0.109. The summed E-state index contributed by atoms with van der Waals surface area (Å²) in [6.07, 6.45) is 1.89. The number of nitrogens with zero attached hydrogens (tertiary/aromatic N) is 2. The van der Waals surface area contributed by atoms with Crippen LogP contribution in [0.1, 0.15) is 48.4 Å². The van der Waals surface area contributed by atoms with Gasteiger partial charge in [0.05, 0.1) is 6.54 Å². The Bertz CT molecular complexity index is 750. The molecular weight excluding hydrogens is 395 g/mol. The molecule has 1 aromatic heterocycles. The third-order valence-electron chi connectivity index (χ3n) is 4.31. The highest BCUT2D eigenvalue weighted by Crippen LogP contribution is 2.36. The van der Waals surface area contributed by atoms with Crippen LogP contribution >= 0.6 is 11.6 Å². The summed E-state index contributed by atoms with van der Waals surface area (Å²) in [4.78, 5) is 47.9. The van der Waals surface area contributed by atoms with Crippen LogP contribution in [0, 0.1) is 18.8 Å². The molecule has 1 saturated carbocycles. The van der Waals surface area contributed by atoms with E-state index < -0.39 is 29.3 Å². The molecule has 2 rings (SSSR count). The summed E-state index contributed by atoms with van der Waals surface area (Å²) in [5, 5.41) is 4.27. The lowest BCUT2D eigenvalue weighted by Crippen LogP contribution is -2.51. The standard InChI is InChI=1S/C17H22ClFN4O5/c1-9-6-12(22-28-9)13(24)8-11(7-10-2-3-10)16(26)21-23(5-4-14(20)25)17(27)15(18)19/h6,10-11,15H,2-5,7-8H2,1H3,(H2,20,25)(H,21,26)/t11-,15?/m1/s1. The third kappa shape index (κ3) is 6.59. The van der Waals surface area contributed by atoms with Gasteiger partial charge in [-0.3, -0.25) is 24.6 Å². The number of halogens is 2. The van der Waals surface area contributed by atoms with Gasteiger partial charge in [0.1, 0.15) is 11.5 Å². The lowest BCUT2D eigenvalue weighted by molar-refractivity contribution is -0.145. The van der Waals surface area contributed by atoms with Crippen molar-refractivity contribution in [2.45, 2.75) is 44.7 Å². The zero-order valence-corrected chi connectivity index (χ0v) is 16.1. The smallest absolute Gasteiger partial charge is 0.291 e. The highest BCUT2D eigenvalue weighted by molar-refractivity contribution is 6.29. The van der Waals surface area contributed by atoms with Gasteiger partial charge in [-0.05, 0) is 19.3 Å². The number of ketones is 1. The second-order valence-electron chi connectivity index (χ2n) is 6.81. The number of alkyl halides is 2. The van der Waals surface area contributed by atoms with Crippen molar-refractivity contribution >= 4 is 35.1 Å². The van der Waals surface area contributed by atoms with Gasteiger partial charge in [0, 0.05) is 24.8 Å². The number of carbonyl (C=O) groups is 4. The zero-order valence-electron chi connectivity index (χ0n) is 15.3. The summed E-state index contributed by atoms with van der Waals surface area (Å²) < 4.78 is 18.1. The van der Waals surface area contributed by atoms with E-state index in [0.29, 0.717) is 23.1 Å². The second-order valence-corrected chi connectivity index (χ2v) is 7.19. The Balaban J connectivity index is 2.07. The van der Waals surface area contributed by atoms with Gasteiger partial charge in [-0.25, -0.2) is 9.40 Å². The number of aromatic nitrogens is 1. The van der Waals surface area contributed by atoms with Crippen molar-refractivity contribution in [3.63, 3.8) is 0 Å². The van der Waals surface area contributed by atoms with Gasteiger partial charge in [-0.15, -0.1) is 0 Å². The normalized spacial score (nSPS) is 15.5. The van der Waals surface area contributed by atoms with Crippen LogP contribution in [0.15, 0.2) is 10.6 Å². The van der Waals surface area contributed by atoms with Crippen molar-refractivity contribution < 1.29 is 28.1 Å². The Kier molecular flexibility index (Phi) is 7.50. The van der Waals surface area contributed by atoms with E-state index in [1.807, 2.05) is 0 Å². The van der Waals surface area contributed by atoms with Crippen LogP contribution in [-0.4, -0.2) is 45.8 Å². The molecule has 154 valence electrons. The predicted octanol–water partition coefficient (Wildman–Crippen LogP) is 1.24. The second kappa shape index (κ2) is 9.63. The van der Waals surface area contributed by atoms with Crippen LogP contribution in [0.5, 0.6) is 0 Å². The van der Waals surface area contributed by atoms with Gasteiger partial charge < -0.3 is 10.3 Å². The minimum atomic E-state index is -2.39. The molecule has 0 aliphatic heterocycles. The molecule has 3 amide bonds. The quantitative estimate of drug-likeness (QED) is 0.334. The lowest BCUT2D eigenvalue weighted by Gasteiger charge is -2.25. The Morgan fingerprint density at radius 2 is 2.11 bits per heavy atom. The highest BCUT2D eigenvalue weighted by atomic mass is 35.5. The molecule has 1 aliphatic carbocycles. The number of hydrogen-bond acceptors (Lipinski definition) is 6. The lowest BCUT2D eigenvalue weighted by atomic mass is 9.94.